The molecule has 0 fully saturated rings. The summed E-state index contributed by atoms with van der Waals surface area (Å²) in [5, 5.41) is 0. The summed E-state index contributed by atoms with van der Waals surface area (Å²) in [5.74, 6) is 1.45. The van der Waals surface area contributed by atoms with E-state index in [1.54, 1.807) is 0 Å². The standard InChI is InChI=1S/C15H25N3.HI/c1-12-7-9-14(10-8-12)13(2)11-16-15(17(3)4)18(5)6;/h7-10,13H,11H2,1-6H3;1H. The van der Waals surface area contributed by atoms with Gasteiger partial charge in [-0.2, -0.15) is 0 Å². The molecule has 4 heteroatoms. The van der Waals surface area contributed by atoms with Crippen molar-refractivity contribution in [3.8, 4) is 0 Å². The lowest BCUT2D eigenvalue weighted by atomic mass is 10.0. The van der Waals surface area contributed by atoms with Gasteiger partial charge in [0.15, 0.2) is 5.96 Å². The smallest absolute Gasteiger partial charge is 0.195 e. The summed E-state index contributed by atoms with van der Waals surface area (Å²) in [6, 6.07) is 8.71. The first-order valence-electron chi connectivity index (χ1n) is 6.37. The summed E-state index contributed by atoms with van der Waals surface area (Å²) in [7, 11) is 8.09. The van der Waals surface area contributed by atoms with Gasteiger partial charge in [-0.25, -0.2) is 0 Å². The van der Waals surface area contributed by atoms with E-state index in [1.165, 1.54) is 11.1 Å². The highest BCUT2D eigenvalue weighted by atomic mass is 127. The number of aliphatic imine (C=N–C) groups is 1. The molecule has 0 aromatic heterocycles. The number of aryl methyl sites for hydroxylation is 1. The Balaban J connectivity index is 0.00000324. The van der Waals surface area contributed by atoms with E-state index in [-0.39, 0.29) is 24.0 Å². The molecule has 0 radical (unpaired) electrons. The zero-order chi connectivity index (χ0) is 13.7. The molecule has 1 atom stereocenters. The third kappa shape index (κ3) is 5.80. The van der Waals surface area contributed by atoms with Crippen LogP contribution in [0.25, 0.3) is 0 Å². The molecule has 0 spiro atoms. The molecule has 1 rings (SSSR count). The molecule has 108 valence electrons. The highest BCUT2D eigenvalue weighted by Crippen LogP contribution is 2.16. The second-order valence-corrected chi connectivity index (χ2v) is 5.24. The summed E-state index contributed by atoms with van der Waals surface area (Å²) in [6.45, 7) is 5.15. The van der Waals surface area contributed by atoms with Gasteiger partial charge in [-0.05, 0) is 12.5 Å². The second kappa shape index (κ2) is 8.40. The molecule has 0 aliphatic rings. The Morgan fingerprint density at radius 2 is 1.53 bits per heavy atom. The van der Waals surface area contributed by atoms with E-state index in [1.807, 2.05) is 38.0 Å². The summed E-state index contributed by atoms with van der Waals surface area (Å²) in [4.78, 5) is 8.78. The quantitative estimate of drug-likeness (QED) is 0.459. The van der Waals surface area contributed by atoms with Crippen LogP contribution in [0.4, 0.5) is 0 Å². The van der Waals surface area contributed by atoms with Crippen LogP contribution in [0.15, 0.2) is 29.3 Å². The Kier molecular flexibility index (Phi) is 8.06. The molecule has 0 amide bonds. The lowest BCUT2D eigenvalue weighted by Gasteiger charge is -2.23. The second-order valence-electron chi connectivity index (χ2n) is 5.24. The Bertz CT molecular complexity index is 386. The minimum atomic E-state index is 0. The Morgan fingerprint density at radius 3 is 1.95 bits per heavy atom. The van der Waals surface area contributed by atoms with Crippen molar-refractivity contribution in [2.24, 2.45) is 4.99 Å². The molecule has 0 bridgehead atoms. The Hall–Kier alpha value is -0.780. The maximum atomic E-state index is 4.69. The van der Waals surface area contributed by atoms with Gasteiger partial charge in [-0.15, -0.1) is 24.0 Å². The predicted octanol–water partition coefficient (Wildman–Crippen LogP) is 3.20. The van der Waals surface area contributed by atoms with Gasteiger partial charge in [-0.3, -0.25) is 4.99 Å². The summed E-state index contributed by atoms with van der Waals surface area (Å²) >= 11 is 0. The first kappa shape index (κ1) is 18.2. The van der Waals surface area contributed by atoms with Gasteiger partial charge in [0.1, 0.15) is 0 Å². The molecule has 0 saturated heterocycles. The Morgan fingerprint density at radius 1 is 1.05 bits per heavy atom. The molecule has 0 N–H and O–H groups in total. The van der Waals surface area contributed by atoms with Gasteiger partial charge in [-0.1, -0.05) is 36.8 Å². The minimum absolute atomic E-state index is 0. The van der Waals surface area contributed by atoms with E-state index in [0.717, 1.165) is 12.5 Å². The highest BCUT2D eigenvalue weighted by Gasteiger charge is 2.08. The van der Waals surface area contributed by atoms with E-state index in [0.29, 0.717) is 5.92 Å². The normalized spacial score (nSPS) is 11.3. The average molecular weight is 375 g/mol. The van der Waals surface area contributed by atoms with Crippen LogP contribution in [0.1, 0.15) is 24.0 Å². The van der Waals surface area contributed by atoms with Gasteiger partial charge in [0, 0.05) is 40.7 Å². The molecule has 0 saturated carbocycles. The largest absolute Gasteiger partial charge is 0.349 e. The van der Waals surface area contributed by atoms with Crippen LogP contribution in [0.5, 0.6) is 0 Å². The minimum Gasteiger partial charge on any atom is -0.349 e. The number of hydrogen-bond acceptors (Lipinski definition) is 1. The number of halogens is 1. The third-order valence-corrected chi connectivity index (χ3v) is 2.95. The third-order valence-electron chi connectivity index (χ3n) is 2.95. The van der Waals surface area contributed by atoms with Crippen LogP contribution in [0, 0.1) is 6.92 Å². The molecule has 0 aliphatic carbocycles. The van der Waals surface area contributed by atoms with Crippen molar-refractivity contribution in [2.45, 2.75) is 19.8 Å². The summed E-state index contributed by atoms with van der Waals surface area (Å²) in [6.07, 6.45) is 0. The van der Waals surface area contributed by atoms with Gasteiger partial charge in [0.25, 0.3) is 0 Å². The van der Waals surface area contributed by atoms with Crippen LogP contribution in [0.2, 0.25) is 0 Å². The van der Waals surface area contributed by atoms with Gasteiger partial charge in [0.05, 0.1) is 0 Å². The number of hydrogen-bond donors (Lipinski definition) is 0. The topological polar surface area (TPSA) is 18.8 Å². The molecule has 0 heterocycles. The van der Waals surface area contributed by atoms with Crippen molar-refractivity contribution >= 4 is 29.9 Å². The number of benzene rings is 1. The van der Waals surface area contributed by atoms with Gasteiger partial charge in [0.2, 0.25) is 0 Å². The van der Waals surface area contributed by atoms with E-state index >= 15 is 0 Å². The fourth-order valence-electron chi connectivity index (χ4n) is 1.90. The molecular weight excluding hydrogens is 349 g/mol. The molecule has 0 aliphatic heterocycles. The van der Waals surface area contributed by atoms with E-state index in [4.69, 9.17) is 0 Å². The Labute approximate surface area is 134 Å². The van der Waals surface area contributed by atoms with Crippen LogP contribution < -0.4 is 0 Å². The number of nitrogens with zero attached hydrogens (tertiary/aromatic N) is 3. The van der Waals surface area contributed by atoms with Crippen molar-refractivity contribution in [2.75, 3.05) is 34.7 Å². The van der Waals surface area contributed by atoms with Gasteiger partial charge < -0.3 is 9.80 Å². The molecule has 1 aromatic rings. The van der Waals surface area contributed by atoms with E-state index < -0.39 is 0 Å². The summed E-state index contributed by atoms with van der Waals surface area (Å²) in [5.41, 5.74) is 2.65. The molecule has 3 nitrogen and oxygen atoms in total. The van der Waals surface area contributed by atoms with E-state index in [9.17, 15) is 0 Å². The lowest BCUT2D eigenvalue weighted by molar-refractivity contribution is 0.478. The number of rotatable bonds is 3. The van der Waals surface area contributed by atoms with Crippen LogP contribution in [0.3, 0.4) is 0 Å². The maximum Gasteiger partial charge on any atom is 0.195 e. The van der Waals surface area contributed by atoms with Crippen molar-refractivity contribution in [3.05, 3.63) is 35.4 Å². The fourth-order valence-corrected chi connectivity index (χ4v) is 1.90. The van der Waals surface area contributed by atoms with Gasteiger partial charge >= 0.3 is 0 Å². The number of guanidine groups is 1. The van der Waals surface area contributed by atoms with Crippen molar-refractivity contribution in [3.63, 3.8) is 0 Å². The first-order chi connectivity index (χ1) is 8.41. The molecule has 1 unspecified atom stereocenters. The SMILES string of the molecule is Cc1ccc(C(C)CN=C(N(C)C)N(C)C)cc1.I. The van der Waals surface area contributed by atoms with Crippen LogP contribution >= 0.6 is 24.0 Å². The first-order valence-corrected chi connectivity index (χ1v) is 6.37. The van der Waals surface area contributed by atoms with Crippen molar-refractivity contribution < 1.29 is 0 Å². The summed E-state index contributed by atoms with van der Waals surface area (Å²) < 4.78 is 0. The monoisotopic (exact) mass is 375 g/mol. The zero-order valence-electron chi connectivity index (χ0n) is 12.8. The van der Waals surface area contributed by atoms with Crippen LogP contribution in [-0.2, 0) is 0 Å². The van der Waals surface area contributed by atoms with E-state index in [2.05, 4.69) is 43.1 Å². The fraction of sp³-hybridized carbons (Fsp3) is 0.533. The average Bonchev–Trinajstić information content (AvgIpc) is 2.28. The molecule has 1 aromatic carbocycles. The lowest BCUT2D eigenvalue weighted by Crippen LogP contribution is -2.35. The predicted molar refractivity (Wildman–Crippen MR) is 94.7 cm³/mol. The molecular formula is C15H26IN3. The van der Waals surface area contributed by atoms with Crippen LogP contribution in [-0.4, -0.2) is 50.5 Å². The van der Waals surface area contributed by atoms with Crippen molar-refractivity contribution in [1.29, 1.82) is 0 Å². The molecule has 19 heavy (non-hydrogen) atoms. The zero-order valence-corrected chi connectivity index (χ0v) is 15.2. The maximum absolute atomic E-state index is 4.69. The highest BCUT2D eigenvalue weighted by molar-refractivity contribution is 14.0. The van der Waals surface area contributed by atoms with Crippen molar-refractivity contribution in [1.82, 2.24) is 9.80 Å².